The molecular weight excluding hydrogens is 396 g/mol. The molecule has 1 aromatic carbocycles. The molecule has 3 rings (SSSR count). The van der Waals surface area contributed by atoms with Crippen molar-refractivity contribution in [1.82, 2.24) is 14.9 Å². The first kappa shape index (κ1) is 20.0. The Balaban J connectivity index is 1.59. The zero-order chi connectivity index (χ0) is 20.1. The highest BCUT2D eigenvalue weighted by Gasteiger charge is 2.11. The van der Waals surface area contributed by atoms with Crippen molar-refractivity contribution >= 4 is 39.6 Å². The largest absolute Gasteiger partial charge is 0.356 e. The molecule has 0 aliphatic carbocycles. The molecule has 146 valence electrons. The number of anilines is 1. The highest BCUT2D eigenvalue weighted by Crippen LogP contribution is 2.25. The molecule has 0 fully saturated rings. The van der Waals surface area contributed by atoms with E-state index in [2.05, 4.69) is 15.6 Å². The number of carbonyl (C=O) groups is 2. The predicted octanol–water partition coefficient (Wildman–Crippen LogP) is 2.66. The summed E-state index contributed by atoms with van der Waals surface area (Å²) in [4.78, 5) is 39.1. The number of nitrogens with zero attached hydrogens (tertiary/aromatic N) is 2. The molecule has 2 N–H and O–H groups in total. The molecule has 2 amide bonds. The summed E-state index contributed by atoms with van der Waals surface area (Å²) in [5.41, 5.74) is 3.61. The van der Waals surface area contributed by atoms with Crippen molar-refractivity contribution in [2.75, 3.05) is 11.9 Å². The zero-order valence-electron chi connectivity index (χ0n) is 15.5. The van der Waals surface area contributed by atoms with E-state index in [1.165, 1.54) is 22.8 Å². The summed E-state index contributed by atoms with van der Waals surface area (Å²) < 4.78 is 1.44. The van der Waals surface area contributed by atoms with Crippen molar-refractivity contribution in [1.29, 1.82) is 0 Å². The monoisotopic (exact) mass is 416 g/mol. The number of rotatable bonds is 7. The van der Waals surface area contributed by atoms with Crippen LogP contribution in [0.4, 0.5) is 5.13 Å². The average Bonchev–Trinajstić information content (AvgIpc) is 3.24. The molecule has 2 aromatic heterocycles. The van der Waals surface area contributed by atoms with Crippen molar-refractivity contribution < 1.29 is 9.59 Å². The van der Waals surface area contributed by atoms with Crippen molar-refractivity contribution in [3.05, 3.63) is 56.0 Å². The normalized spacial score (nSPS) is 10.6. The Hall–Kier alpha value is -2.78. The number of amides is 2. The molecule has 0 saturated heterocycles. The van der Waals surface area contributed by atoms with E-state index < -0.39 is 0 Å². The van der Waals surface area contributed by atoms with Gasteiger partial charge in [-0.15, -0.1) is 11.3 Å². The number of aryl methyl sites for hydroxylation is 1. The fourth-order valence-corrected chi connectivity index (χ4v) is 4.06. The van der Waals surface area contributed by atoms with Gasteiger partial charge in [0.2, 0.25) is 11.8 Å². The third kappa shape index (κ3) is 5.14. The van der Waals surface area contributed by atoms with Gasteiger partial charge >= 0.3 is 4.87 Å². The summed E-state index contributed by atoms with van der Waals surface area (Å²) in [5.74, 6) is -0.314. The minimum absolute atomic E-state index is 0.0218. The van der Waals surface area contributed by atoms with Gasteiger partial charge in [0, 0.05) is 35.5 Å². The molecule has 9 heteroatoms. The fourth-order valence-electron chi connectivity index (χ4n) is 2.59. The third-order valence-corrected chi connectivity index (χ3v) is 5.70. The summed E-state index contributed by atoms with van der Waals surface area (Å²) in [7, 11) is 0. The molecule has 28 heavy (non-hydrogen) atoms. The van der Waals surface area contributed by atoms with E-state index in [-0.39, 0.29) is 23.2 Å². The highest BCUT2D eigenvalue weighted by molar-refractivity contribution is 7.14. The van der Waals surface area contributed by atoms with Crippen LogP contribution in [0.2, 0.25) is 0 Å². The maximum Gasteiger partial charge on any atom is 0.307 e. The van der Waals surface area contributed by atoms with E-state index in [4.69, 9.17) is 0 Å². The lowest BCUT2D eigenvalue weighted by molar-refractivity contribution is -0.119. The van der Waals surface area contributed by atoms with Gasteiger partial charge in [-0.3, -0.25) is 19.0 Å². The molecule has 7 nitrogen and oxygen atoms in total. The van der Waals surface area contributed by atoms with Crippen LogP contribution in [0.15, 0.2) is 39.8 Å². The Labute approximate surface area is 170 Å². The maximum absolute atomic E-state index is 12.2. The molecule has 3 aromatic rings. The number of nitrogens with one attached hydrogen (secondary N) is 2. The van der Waals surface area contributed by atoms with Gasteiger partial charge in [0.1, 0.15) is 6.54 Å². The first-order valence-electron chi connectivity index (χ1n) is 8.66. The number of benzene rings is 1. The number of hydrogen-bond acceptors (Lipinski definition) is 6. The van der Waals surface area contributed by atoms with Crippen LogP contribution in [0.3, 0.4) is 0 Å². The lowest BCUT2D eigenvalue weighted by atomic mass is 10.1. The first-order valence-corrected chi connectivity index (χ1v) is 10.4. The van der Waals surface area contributed by atoms with Gasteiger partial charge in [-0.1, -0.05) is 35.6 Å². The summed E-state index contributed by atoms with van der Waals surface area (Å²) in [6, 6.07) is 7.94. The van der Waals surface area contributed by atoms with Crippen LogP contribution in [-0.4, -0.2) is 27.9 Å². The van der Waals surface area contributed by atoms with Crippen LogP contribution in [0.1, 0.15) is 18.2 Å². The Morgan fingerprint density at radius 2 is 1.89 bits per heavy atom. The van der Waals surface area contributed by atoms with Gasteiger partial charge in [-0.05, 0) is 18.9 Å². The molecule has 0 radical (unpaired) electrons. The molecule has 0 saturated carbocycles. The number of aromatic nitrogens is 2. The Morgan fingerprint density at radius 3 is 2.54 bits per heavy atom. The van der Waals surface area contributed by atoms with Crippen molar-refractivity contribution in [2.24, 2.45) is 0 Å². The Kier molecular flexibility index (Phi) is 6.37. The van der Waals surface area contributed by atoms with Crippen molar-refractivity contribution in [3.8, 4) is 11.3 Å². The summed E-state index contributed by atoms with van der Waals surface area (Å²) in [6.45, 7) is 3.88. The lowest BCUT2D eigenvalue weighted by Gasteiger charge is -2.04. The molecule has 0 bridgehead atoms. The van der Waals surface area contributed by atoms with Gasteiger partial charge in [0.05, 0.1) is 5.69 Å². The van der Waals surface area contributed by atoms with Crippen molar-refractivity contribution in [2.45, 2.75) is 26.8 Å². The van der Waals surface area contributed by atoms with Crippen LogP contribution in [0.25, 0.3) is 11.3 Å². The smallest absolute Gasteiger partial charge is 0.307 e. The van der Waals surface area contributed by atoms with E-state index >= 15 is 0 Å². The standard InChI is InChI=1S/C19H20N4O3S2/c1-12-10-28-19(26)23(12)9-17(25)22-18-21-16(11-27-18)15-5-3-14(4-6-15)7-8-20-13(2)24/h3-6,10-11H,7-9H2,1-2H3,(H,20,24)(H,21,22,25). The number of thiazole rings is 2. The highest BCUT2D eigenvalue weighted by atomic mass is 32.1. The van der Waals surface area contributed by atoms with E-state index in [1.54, 1.807) is 12.3 Å². The van der Waals surface area contributed by atoms with E-state index in [0.29, 0.717) is 11.7 Å². The molecule has 0 unspecified atom stereocenters. The molecule has 0 atom stereocenters. The van der Waals surface area contributed by atoms with Crippen LogP contribution in [0.5, 0.6) is 0 Å². The van der Waals surface area contributed by atoms with Gasteiger partial charge in [-0.25, -0.2) is 4.98 Å². The van der Waals surface area contributed by atoms with E-state index in [1.807, 2.05) is 29.6 Å². The average molecular weight is 417 g/mol. The quantitative estimate of drug-likeness (QED) is 0.619. The minimum atomic E-state index is -0.280. The lowest BCUT2D eigenvalue weighted by Crippen LogP contribution is -2.25. The third-order valence-electron chi connectivity index (χ3n) is 4.07. The van der Waals surface area contributed by atoms with Gasteiger partial charge in [-0.2, -0.15) is 0 Å². The molecule has 0 spiro atoms. The van der Waals surface area contributed by atoms with Crippen LogP contribution < -0.4 is 15.5 Å². The minimum Gasteiger partial charge on any atom is -0.356 e. The second-order valence-corrected chi connectivity index (χ2v) is 7.92. The predicted molar refractivity (Wildman–Crippen MR) is 112 cm³/mol. The van der Waals surface area contributed by atoms with E-state index in [0.717, 1.165) is 40.3 Å². The Morgan fingerprint density at radius 1 is 1.14 bits per heavy atom. The second-order valence-electron chi connectivity index (χ2n) is 6.25. The Bertz CT molecular complexity index is 1030. The zero-order valence-corrected chi connectivity index (χ0v) is 17.2. The van der Waals surface area contributed by atoms with Crippen LogP contribution >= 0.6 is 22.7 Å². The second kappa shape index (κ2) is 8.94. The SMILES string of the molecule is CC(=O)NCCc1ccc(-c2csc(NC(=O)Cn3c(C)csc3=O)n2)cc1. The van der Waals surface area contributed by atoms with Gasteiger partial charge < -0.3 is 10.6 Å². The van der Waals surface area contributed by atoms with Crippen molar-refractivity contribution in [3.63, 3.8) is 0 Å². The fraction of sp³-hybridized carbons (Fsp3) is 0.263. The van der Waals surface area contributed by atoms with Gasteiger partial charge in [0.15, 0.2) is 5.13 Å². The van der Waals surface area contributed by atoms with Crippen LogP contribution in [-0.2, 0) is 22.6 Å². The summed E-state index contributed by atoms with van der Waals surface area (Å²) >= 11 is 2.42. The topological polar surface area (TPSA) is 93.1 Å². The van der Waals surface area contributed by atoms with Gasteiger partial charge in [0.25, 0.3) is 0 Å². The molecule has 0 aliphatic heterocycles. The molecule has 0 aliphatic rings. The molecule has 2 heterocycles. The first-order chi connectivity index (χ1) is 13.4. The maximum atomic E-state index is 12.2. The summed E-state index contributed by atoms with van der Waals surface area (Å²) in [6.07, 6.45) is 0.763. The number of carbonyl (C=O) groups excluding carboxylic acids is 2. The van der Waals surface area contributed by atoms with E-state index in [9.17, 15) is 14.4 Å². The molecular formula is C19H20N4O3S2. The van der Waals surface area contributed by atoms with Crippen LogP contribution in [0, 0.1) is 6.92 Å². The summed E-state index contributed by atoms with van der Waals surface area (Å²) in [5, 5.41) is 9.63. The number of hydrogen-bond donors (Lipinski definition) is 2.